The number of hydrogen-bond donors (Lipinski definition) is 0. The Balaban J connectivity index is 1.40. The van der Waals surface area contributed by atoms with E-state index in [9.17, 15) is 8.78 Å². The van der Waals surface area contributed by atoms with E-state index in [-0.39, 0.29) is 17.1 Å². The van der Waals surface area contributed by atoms with Crippen molar-refractivity contribution in [3.63, 3.8) is 0 Å². The summed E-state index contributed by atoms with van der Waals surface area (Å²) in [5.41, 5.74) is 3.20. The highest BCUT2D eigenvalue weighted by molar-refractivity contribution is 5.71. The fraction of sp³-hybridized carbons (Fsp3) is 0.471. The maximum Gasteiger partial charge on any atom is 0.201 e. The van der Waals surface area contributed by atoms with Crippen LogP contribution in [-0.4, -0.2) is 6.61 Å². The lowest BCUT2D eigenvalue weighted by atomic mass is 9.77. The average Bonchev–Trinajstić information content (AvgIpc) is 2.94. The Morgan fingerprint density at radius 2 is 1.37 bits per heavy atom. The first-order valence-electron chi connectivity index (χ1n) is 14.5. The highest BCUT2D eigenvalue weighted by Crippen LogP contribution is 2.39. The predicted molar refractivity (Wildman–Crippen MR) is 151 cm³/mol. The van der Waals surface area contributed by atoms with Crippen molar-refractivity contribution in [3.8, 4) is 28.0 Å². The molecule has 0 heterocycles. The van der Waals surface area contributed by atoms with Gasteiger partial charge in [-0.1, -0.05) is 88.8 Å². The summed E-state index contributed by atoms with van der Waals surface area (Å²) in [4.78, 5) is 0. The van der Waals surface area contributed by atoms with Crippen LogP contribution in [0.5, 0.6) is 5.75 Å². The average molecular weight is 523 g/mol. The van der Waals surface area contributed by atoms with Crippen molar-refractivity contribution in [2.24, 2.45) is 5.92 Å². The standard InChI is InChI=1S/C34H41F3O/c1-3-5-6-7-8-22-38-32-21-20-30(33(36)34(32)37)27-16-14-25(15-17-27)28-18-19-29(31(35)23-28)26-12-10-24(9-4-2)11-13-26/h14-21,23-24,26H,3-13,22H2,1-2H3. The maximum atomic E-state index is 15.1. The second kappa shape index (κ2) is 13.9. The smallest absolute Gasteiger partial charge is 0.201 e. The lowest BCUT2D eigenvalue weighted by Crippen LogP contribution is -2.14. The van der Waals surface area contributed by atoms with Crippen molar-refractivity contribution in [3.05, 3.63) is 77.6 Å². The summed E-state index contributed by atoms with van der Waals surface area (Å²) in [6.45, 7) is 4.76. The molecule has 0 atom stereocenters. The van der Waals surface area contributed by atoms with Crippen LogP contribution in [0.2, 0.25) is 0 Å². The van der Waals surface area contributed by atoms with Crippen LogP contribution in [0.1, 0.15) is 96.0 Å². The van der Waals surface area contributed by atoms with Gasteiger partial charge in [0, 0.05) is 5.56 Å². The van der Waals surface area contributed by atoms with Gasteiger partial charge in [0.2, 0.25) is 5.82 Å². The molecule has 0 N–H and O–H groups in total. The molecule has 0 saturated heterocycles. The Labute approximate surface area is 226 Å². The lowest BCUT2D eigenvalue weighted by Gasteiger charge is -2.29. The van der Waals surface area contributed by atoms with E-state index < -0.39 is 11.6 Å². The predicted octanol–water partition coefficient (Wildman–Crippen LogP) is 10.9. The van der Waals surface area contributed by atoms with Crippen LogP contribution in [0.3, 0.4) is 0 Å². The summed E-state index contributed by atoms with van der Waals surface area (Å²) >= 11 is 0. The maximum absolute atomic E-state index is 15.1. The van der Waals surface area contributed by atoms with E-state index in [1.165, 1.54) is 38.2 Å². The third-order valence-corrected chi connectivity index (χ3v) is 8.07. The molecule has 0 radical (unpaired) electrons. The van der Waals surface area contributed by atoms with Gasteiger partial charge in [-0.3, -0.25) is 0 Å². The van der Waals surface area contributed by atoms with Gasteiger partial charge in [-0.05, 0) is 84.4 Å². The number of ether oxygens (including phenoxy) is 1. The van der Waals surface area contributed by atoms with E-state index in [0.717, 1.165) is 61.1 Å². The minimum Gasteiger partial charge on any atom is -0.490 e. The second-order valence-corrected chi connectivity index (χ2v) is 10.8. The van der Waals surface area contributed by atoms with Gasteiger partial charge in [-0.15, -0.1) is 0 Å². The van der Waals surface area contributed by atoms with E-state index in [0.29, 0.717) is 18.1 Å². The first-order chi connectivity index (χ1) is 18.5. The van der Waals surface area contributed by atoms with Crippen molar-refractivity contribution >= 4 is 0 Å². The van der Waals surface area contributed by atoms with Crippen molar-refractivity contribution in [2.45, 2.75) is 90.4 Å². The lowest BCUT2D eigenvalue weighted by molar-refractivity contribution is 0.285. The molecule has 4 heteroatoms. The molecule has 0 bridgehead atoms. The number of rotatable bonds is 12. The SMILES string of the molecule is CCCCCCCOc1ccc(-c2ccc(-c3ccc(C4CCC(CCC)CC4)c(F)c3)cc2)c(F)c1F. The summed E-state index contributed by atoms with van der Waals surface area (Å²) < 4.78 is 50.2. The highest BCUT2D eigenvalue weighted by Gasteiger charge is 2.24. The molecule has 1 fully saturated rings. The van der Waals surface area contributed by atoms with Gasteiger partial charge in [-0.2, -0.15) is 4.39 Å². The molecule has 3 aromatic carbocycles. The normalized spacial score (nSPS) is 17.5. The van der Waals surface area contributed by atoms with Crippen molar-refractivity contribution < 1.29 is 17.9 Å². The molecule has 204 valence electrons. The first kappa shape index (κ1) is 28.3. The van der Waals surface area contributed by atoms with Crippen molar-refractivity contribution in [1.29, 1.82) is 0 Å². The summed E-state index contributed by atoms with van der Waals surface area (Å²) in [7, 11) is 0. The highest BCUT2D eigenvalue weighted by atomic mass is 19.2. The zero-order chi connectivity index (χ0) is 26.9. The first-order valence-corrected chi connectivity index (χ1v) is 14.5. The van der Waals surface area contributed by atoms with Gasteiger partial charge in [0.05, 0.1) is 6.61 Å². The molecule has 1 aliphatic rings. The van der Waals surface area contributed by atoms with Crippen LogP contribution in [0, 0.1) is 23.4 Å². The van der Waals surface area contributed by atoms with Gasteiger partial charge < -0.3 is 4.74 Å². The van der Waals surface area contributed by atoms with Crippen LogP contribution in [0.25, 0.3) is 22.3 Å². The Bertz CT molecular complexity index is 1160. The van der Waals surface area contributed by atoms with E-state index in [4.69, 9.17) is 4.74 Å². The summed E-state index contributed by atoms with van der Waals surface area (Å²) in [6, 6.07) is 15.7. The fourth-order valence-electron chi connectivity index (χ4n) is 5.80. The Morgan fingerprint density at radius 1 is 0.684 bits per heavy atom. The number of benzene rings is 3. The molecule has 0 unspecified atom stereocenters. The quantitative estimate of drug-likeness (QED) is 0.215. The van der Waals surface area contributed by atoms with Gasteiger partial charge in [0.1, 0.15) is 5.82 Å². The molecule has 1 saturated carbocycles. The topological polar surface area (TPSA) is 9.23 Å². The van der Waals surface area contributed by atoms with Gasteiger partial charge in [-0.25, -0.2) is 8.78 Å². The van der Waals surface area contributed by atoms with Gasteiger partial charge >= 0.3 is 0 Å². The molecule has 1 nitrogen and oxygen atoms in total. The Morgan fingerprint density at radius 3 is 2.05 bits per heavy atom. The summed E-state index contributed by atoms with van der Waals surface area (Å²) in [5.74, 6) is -0.982. The molecule has 0 aromatic heterocycles. The van der Waals surface area contributed by atoms with Gasteiger partial charge in [0.25, 0.3) is 0 Å². The summed E-state index contributed by atoms with van der Waals surface area (Å²) in [5, 5.41) is 0. The van der Waals surface area contributed by atoms with Crippen LogP contribution in [0.15, 0.2) is 54.6 Å². The van der Waals surface area contributed by atoms with E-state index in [2.05, 4.69) is 13.8 Å². The molecular formula is C34H41F3O. The monoisotopic (exact) mass is 522 g/mol. The van der Waals surface area contributed by atoms with Crippen molar-refractivity contribution in [1.82, 2.24) is 0 Å². The van der Waals surface area contributed by atoms with E-state index in [1.54, 1.807) is 24.3 Å². The van der Waals surface area contributed by atoms with Crippen LogP contribution < -0.4 is 4.74 Å². The molecule has 3 aromatic rings. The van der Waals surface area contributed by atoms with Gasteiger partial charge in [0.15, 0.2) is 11.6 Å². The minimum absolute atomic E-state index is 0.0484. The number of hydrogen-bond acceptors (Lipinski definition) is 1. The van der Waals surface area contributed by atoms with E-state index in [1.807, 2.05) is 24.3 Å². The van der Waals surface area contributed by atoms with Crippen molar-refractivity contribution in [2.75, 3.05) is 6.61 Å². The minimum atomic E-state index is -0.957. The third-order valence-electron chi connectivity index (χ3n) is 8.07. The fourth-order valence-corrected chi connectivity index (χ4v) is 5.80. The van der Waals surface area contributed by atoms with Crippen LogP contribution in [0.4, 0.5) is 13.2 Å². The zero-order valence-electron chi connectivity index (χ0n) is 22.9. The molecular weight excluding hydrogens is 481 g/mol. The number of halogens is 3. The van der Waals surface area contributed by atoms with Crippen LogP contribution >= 0.6 is 0 Å². The number of unbranched alkanes of at least 4 members (excludes halogenated alkanes) is 4. The Hall–Kier alpha value is -2.75. The molecule has 38 heavy (non-hydrogen) atoms. The van der Waals surface area contributed by atoms with Crippen LogP contribution in [-0.2, 0) is 0 Å². The molecule has 0 aliphatic heterocycles. The van der Waals surface area contributed by atoms with E-state index >= 15 is 4.39 Å². The Kier molecular flexibility index (Phi) is 10.3. The molecule has 0 amide bonds. The largest absolute Gasteiger partial charge is 0.490 e. The molecule has 4 rings (SSSR count). The second-order valence-electron chi connectivity index (χ2n) is 10.8. The summed E-state index contributed by atoms with van der Waals surface area (Å²) in [6.07, 6.45) is 12.3. The molecule has 1 aliphatic carbocycles. The zero-order valence-corrected chi connectivity index (χ0v) is 22.9. The third kappa shape index (κ3) is 7.01. The molecule has 0 spiro atoms.